The maximum atomic E-state index is 14.0. The van der Waals surface area contributed by atoms with E-state index in [4.69, 9.17) is 0 Å². The first-order chi connectivity index (χ1) is 12.5. The van der Waals surface area contributed by atoms with Gasteiger partial charge in [0.15, 0.2) is 0 Å². The number of anilines is 1. The van der Waals surface area contributed by atoms with E-state index < -0.39 is 16.2 Å². The summed E-state index contributed by atoms with van der Waals surface area (Å²) in [5, 5.41) is 2.65. The third-order valence-electron chi connectivity index (χ3n) is 4.95. The molecule has 1 aromatic rings. The zero-order valence-electron chi connectivity index (χ0n) is 16.7. The summed E-state index contributed by atoms with van der Waals surface area (Å²) in [6.07, 6.45) is 1.55. The largest absolute Gasteiger partial charge is 0.333 e. The lowest BCUT2D eigenvalue weighted by molar-refractivity contribution is 0.253. The average Bonchev–Trinajstić information content (AvgIpc) is 2.55. The van der Waals surface area contributed by atoms with E-state index in [1.54, 1.807) is 0 Å². The quantitative estimate of drug-likeness (QED) is 0.780. The molecular weight excluding hydrogens is 369 g/mol. The van der Waals surface area contributed by atoms with E-state index >= 15 is 0 Å². The molecule has 2 amide bonds. The van der Waals surface area contributed by atoms with Gasteiger partial charge in [0.05, 0.1) is 0 Å². The molecule has 0 unspecified atom stereocenters. The van der Waals surface area contributed by atoms with Crippen molar-refractivity contribution < 1.29 is 17.6 Å². The fourth-order valence-electron chi connectivity index (χ4n) is 3.25. The molecule has 2 rings (SSSR count). The van der Waals surface area contributed by atoms with E-state index in [1.165, 1.54) is 16.4 Å². The fourth-order valence-corrected chi connectivity index (χ4v) is 4.36. The summed E-state index contributed by atoms with van der Waals surface area (Å²) in [6.45, 7) is 10.5. The van der Waals surface area contributed by atoms with Crippen molar-refractivity contribution >= 4 is 21.9 Å². The van der Waals surface area contributed by atoms with Gasteiger partial charge in [-0.3, -0.25) is 0 Å². The predicted octanol–water partition coefficient (Wildman–Crippen LogP) is 4.17. The van der Waals surface area contributed by atoms with Gasteiger partial charge in [-0.25, -0.2) is 13.9 Å². The Hall–Kier alpha value is -1.67. The molecule has 1 heterocycles. The summed E-state index contributed by atoms with van der Waals surface area (Å²) < 4.78 is 42.3. The standard InChI is InChI=1S/C19H30FN3O3S/c1-12(2)16-10-15(20)11-17(13(3)4)18(16)21-19(24)22-27(25,26)23-8-6-14(5)7-9-23/h10-14H,6-9H2,1-5H3,(H2,21,22,24). The molecule has 1 aliphatic rings. The Morgan fingerprint density at radius 3 is 2.04 bits per heavy atom. The first kappa shape index (κ1) is 21.6. The van der Waals surface area contributed by atoms with Crippen molar-refractivity contribution in [1.82, 2.24) is 9.03 Å². The molecule has 1 aliphatic heterocycles. The van der Waals surface area contributed by atoms with Crippen LogP contribution in [0.5, 0.6) is 0 Å². The van der Waals surface area contributed by atoms with Crippen LogP contribution in [0.4, 0.5) is 14.9 Å². The Morgan fingerprint density at radius 1 is 1.11 bits per heavy atom. The van der Waals surface area contributed by atoms with Crippen LogP contribution in [0.2, 0.25) is 0 Å². The maximum absolute atomic E-state index is 14.0. The smallest absolute Gasteiger partial charge is 0.307 e. The fraction of sp³-hybridized carbons (Fsp3) is 0.632. The SMILES string of the molecule is CC1CCN(S(=O)(=O)NC(=O)Nc2c(C(C)C)cc(F)cc2C(C)C)CC1. The lowest BCUT2D eigenvalue weighted by atomic mass is 9.92. The molecule has 0 atom stereocenters. The number of hydrogen-bond donors (Lipinski definition) is 2. The molecule has 6 nitrogen and oxygen atoms in total. The third-order valence-corrected chi connectivity index (χ3v) is 6.44. The number of rotatable bonds is 5. The van der Waals surface area contributed by atoms with E-state index in [2.05, 4.69) is 17.0 Å². The van der Waals surface area contributed by atoms with Crippen molar-refractivity contribution in [3.05, 3.63) is 29.1 Å². The molecule has 0 aromatic heterocycles. The average molecular weight is 400 g/mol. The molecule has 1 fully saturated rings. The van der Waals surface area contributed by atoms with Gasteiger partial charge in [-0.15, -0.1) is 0 Å². The van der Waals surface area contributed by atoms with Crippen LogP contribution in [0.3, 0.4) is 0 Å². The topological polar surface area (TPSA) is 78.5 Å². The highest BCUT2D eigenvalue weighted by Gasteiger charge is 2.28. The van der Waals surface area contributed by atoms with Gasteiger partial charge in [-0.05, 0) is 53.9 Å². The van der Waals surface area contributed by atoms with Gasteiger partial charge in [0.25, 0.3) is 0 Å². The zero-order chi connectivity index (χ0) is 20.4. The minimum Gasteiger partial charge on any atom is -0.307 e. The van der Waals surface area contributed by atoms with Crippen LogP contribution in [0, 0.1) is 11.7 Å². The molecule has 0 aliphatic carbocycles. The van der Waals surface area contributed by atoms with Crippen molar-refractivity contribution in [3.8, 4) is 0 Å². The van der Waals surface area contributed by atoms with Gasteiger partial charge in [0.2, 0.25) is 0 Å². The molecular formula is C19H30FN3O3S. The predicted molar refractivity (Wildman–Crippen MR) is 106 cm³/mol. The molecule has 8 heteroatoms. The molecule has 0 spiro atoms. The number of hydrogen-bond acceptors (Lipinski definition) is 3. The van der Waals surface area contributed by atoms with Crippen LogP contribution < -0.4 is 10.0 Å². The number of halogens is 1. The number of carbonyl (C=O) groups is 1. The van der Waals surface area contributed by atoms with Gasteiger partial charge in [0, 0.05) is 18.8 Å². The molecule has 27 heavy (non-hydrogen) atoms. The highest BCUT2D eigenvalue weighted by Crippen LogP contribution is 2.33. The monoisotopic (exact) mass is 399 g/mol. The van der Waals surface area contributed by atoms with Crippen molar-refractivity contribution in [2.75, 3.05) is 18.4 Å². The van der Waals surface area contributed by atoms with Crippen LogP contribution in [-0.2, 0) is 10.2 Å². The molecule has 0 saturated carbocycles. The number of nitrogens with one attached hydrogen (secondary N) is 2. The van der Waals surface area contributed by atoms with E-state index in [-0.39, 0.29) is 17.7 Å². The van der Waals surface area contributed by atoms with Crippen molar-refractivity contribution in [3.63, 3.8) is 0 Å². The number of nitrogens with zero attached hydrogens (tertiary/aromatic N) is 1. The molecule has 1 aromatic carbocycles. The Labute approximate surface area is 161 Å². The van der Waals surface area contributed by atoms with Gasteiger partial charge >= 0.3 is 16.2 Å². The second kappa shape index (κ2) is 8.56. The summed E-state index contributed by atoms with van der Waals surface area (Å²) in [5.74, 6) is 0.0393. The van der Waals surface area contributed by atoms with Crippen LogP contribution >= 0.6 is 0 Å². The maximum Gasteiger partial charge on any atom is 0.333 e. The Balaban J connectivity index is 2.22. The number of urea groups is 1. The molecule has 2 N–H and O–H groups in total. The van der Waals surface area contributed by atoms with Gasteiger partial charge in [-0.2, -0.15) is 12.7 Å². The van der Waals surface area contributed by atoms with Crippen LogP contribution in [0.1, 0.15) is 70.4 Å². The third kappa shape index (κ3) is 5.42. The summed E-state index contributed by atoms with van der Waals surface area (Å²) in [7, 11) is -3.90. The van der Waals surface area contributed by atoms with Crippen molar-refractivity contribution in [2.45, 2.75) is 59.3 Å². The number of piperidine rings is 1. The number of carbonyl (C=O) groups excluding carboxylic acids is 1. The highest BCUT2D eigenvalue weighted by molar-refractivity contribution is 7.87. The number of amides is 2. The van der Waals surface area contributed by atoms with E-state index in [0.29, 0.717) is 35.8 Å². The lowest BCUT2D eigenvalue weighted by Gasteiger charge is -2.29. The normalized spacial score (nSPS) is 16.7. The summed E-state index contributed by atoms with van der Waals surface area (Å²) in [6, 6.07) is 1.93. The zero-order valence-corrected chi connectivity index (χ0v) is 17.5. The molecule has 0 bridgehead atoms. The first-order valence-electron chi connectivity index (χ1n) is 9.43. The van der Waals surface area contributed by atoms with Crippen LogP contribution in [-0.4, -0.2) is 31.8 Å². The van der Waals surface area contributed by atoms with E-state index in [0.717, 1.165) is 12.8 Å². The van der Waals surface area contributed by atoms with Gasteiger partial charge in [-0.1, -0.05) is 34.6 Å². The summed E-state index contributed by atoms with van der Waals surface area (Å²) in [5.41, 5.74) is 1.75. The Kier molecular flexibility index (Phi) is 6.86. The van der Waals surface area contributed by atoms with Crippen molar-refractivity contribution in [1.29, 1.82) is 0 Å². The molecule has 152 valence electrons. The minimum absolute atomic E-state index is 0.0336. The first-order valence-corrected chi connectivity index (χ1v) is 10.9. The van der Waals surface area contributed by atoms with Gasteiger partial charge < -0.3 is 5.32 Å². The highest BCUT2D eigenvalue weighted by atomic mass is 32.2. The summed E-state index contributed by atoms with van der Waals surface area (Å²) >= 11 is 0. The van der Waals surface area contributed by atoms with Crippen LogP contribution in [0.15, 0.2) is 12.1 Å². The van der Waals surface area contributed by atoms with E-state index in [1.807, 2.05) is 27.7 Å². The minimum atomic E-state index is -3.90. The Morgan fingerprint density at radius 2 is 1.59 bits per heavy atom. The molecule has 1 saturated heterocycles. The second-order valence-corrected chi connectivity index (χ2v) is 9.58. The summed E-state index contributed by atoms with van der Waals surface area (Å²) in [4.78, 5) is 12.4. The van der Waals surface area contributed by atoms with Crippen LogP contribution in [0.25, 0.3) is 0 Å². The van der Waals surface area contributed by atoms with Gasteiger partial charge in [0.1, 0.15) is 5.82 Å². The van der Waals surface area contributed by atoms with Crippen molar-refractivity contribution in [2.24, 2.45) is 5.92 Å². The lowest BCUT2D eigenvalue weighted by Crippen LogP contribution is -2.48. The molecule has 0 radical (unpaired) electrons. The van der Waals surface area contributed by atoms with E-state index in [9.17, 15) is 17.6 Å². The number of benzene rings is 1. The second-order valence-electron chi connectivity index (χ2n) is 7.91. The Bertz CT molecular complexity index is 756.